The standard InChI is InChI=1S/C16H15N3O2/c20-13-7-3-6-12-14(13)15(19-16(21)18-12)10-8-17-11-5-2-1-4-9(10)11/h1-2,4-5,8,15,17H,3,6-7H2,(H2,18,19,21). The molecule has 5 heteroatoms. The zero-order valence-electron chi connectivity index (χ0n) is 11.4. The maximum absolute atomic E-state index is 12.3. The van der Waals surface area contributed by atoms with E-state index in [-0.39, 0.29) is 17.9 Å². The molecule has 3 N–H and O–H groups in total. The van der Waals surface area contributed by atoms with Crippen molar-refractivity contribution in [3.63, 3.8) is 0 Å². The number of hydrogen-bond donors (Lipinski definition) is 3. The molecule has 0 spiro atoms. The number of para-hydroxylation sites is 1. The largest absolute Gasteiger partial charge is 0.361 e. The van der Waals surface area contributed by atoms with Crippen molar-refractivity contribution in [1.29, 1.82) is 0 Å². The van der Waals surface area contributed by atoms with Gasteiger partial charge in [0.1, 0.15) is 0 Å². The number of Topliss-reactive ketones (excluding diaryl/α,β-unsaturated/α-hetero) is 1. The molecule has 0 saturated carbocycles. The summed E-state index contributed by atoms with van der Waals surface area (Å²) in [6, 6.07) is 7.31. The Hall–Kier alpha value is -2.56. The van der Waals surface area contributed by atoms with E-state index in [1.165, 1.54) is 0 Å². The number of rotatable bonds is 1. The molecule has 1 aromatic carbocycles. The van der Waals surface area contributed by atoms with Crippen LogP contribution in [-0.2, 0) is 4.79 Å². The molecule has 4 rings (SSSR count). The number of benzene rings is 1. The molecule has 21 heavy (non-hydrogen) atoms. The Balaban J connectivity index is 1.89. The first-order chi connectivity index (χ1) is 10.2. The lowest BCUT2D eigenvalue weighted by molar-refractivity contribution is -0.116. The van der Waals surface area contributed by atoms with Crippen molar-refractivity contribution in [3.05, 3.63) is 47.3 Å². The quantitative estimate of drug-likeness (QED) is 0.751. The lowest BCUT2D eigenvalue weighted by Crippen LogP contribution is -2.46. The fourth-order valence-electron chi connectivity index (χ4n) is 3.27. The van der Waals surface area contributed by atoms with Crippen molar-refractivity contribution in [2.24, 2.45) is 0 Å². The molecule has 0 radical (unpaired) electrons. The molecule has 2 amide bonds. The van der Waals surface area contributed by atoms with Crippen molar-refractivity contribution in [3.8, 4) is 0 Å². The number of aromatic nitrogens is 1. The van der Waals surface area contributed by atoms with Crippen molar-refractivity contribution in [1.82, 2.24) is 15.6 Å². The summed E-state index contributed by atoms with van der Waals surface area (Å²) in [5, 5.41) is 6.72. The molecule has 0 saturated heterocycles. The number of fused-ring (bicyclic) bond motifs is 1. The highest BCUT2D eigenvalue weighted by Crippen LogP contribution is 2.36. The minimum Gasteiger partial charge on any atom is -0.361 e. The average molecular weight is 281 g/mol. The monoisotopic (exact) mass is 281 g/mol. The molecule has 0 bridgehead atoms. The van der Waals surface area contributed by atoms with Gasteiger partial charge in [0.2, 0.25) is 0 Å². The Kier molecular flexibility index (Phi) is 2.60. The van der Waals surface area contributed by atoms with E-state index in [4.69, 9.17) is 0 Å². The van der Waals surface area contributed by atoms with Gasteiger partial charge in [-0.1, -0.05) is 18.2 Å². The molecule has 1 aliphatic heterocycles. The van der Waals surface area contributed by atoms with Crippen molar-refractivity contribution >= 4 is 22.7 Å². The normalized spacial score (nSPS) is 22.0. The van der Waals surface area contributed by atoms with Crippen molar-refractivity contribution in [2.75, 3.05) is 0 Å². The maximum Gasteiger partial charge on any atom is 0.319 e. The summed E-state index contributed by atoms with van der Waals surface area (Å²) in [6.45, 7) is 0. The highest BCUT2D eigenvalue weighted by atomic mass is 16.2. The van der Waals surface area contributed by atoms with Gasteiger partial charge in [-0.15, -0.1) is 0 Å². The van der Waals surface area contributed by atoms with E-state index in [1.807, 2.05) is 30.5 Å². The van der Waals surface area contributed by atoms with Crippen LogP contribution in [0.5, 0.6) is 0 Å². The molecule has 106 valence electrons. The van der Waals surface area contributed by atoms with E-state index < -0.39 is 0 Å². The predicted molar refractivity (Wildman–Crippen MR) is 78.6 cm³/mol. The third-order valence-electron chi connectivity index (χ3n) is 4.22. The van der Waals surface area contributed by atoms with Crippen LogP contribution in [0, 0.1) is 0 Å². The molecule has 2 heterocycles. The summed E-state index contributed by atoms with van der Waals surface area (Å²) < 4.78 is 0. The highest BCUT2D eigenvalue weighted by Gasteiger charge is 2.35. The van der Waals surface area contributed by atoms with Gasteiger partial charge in [0.25, 0.3) is 0 Å². The number of aromatic amines is 1. The number of ketones is 1. The molecule has 1 aromatic heterocycles. The highest BCUT2D eigenvalue weighted by molar-refractivity contribution is 6.02. The van der Waals surface area contributed by atoms with E-state index in [9.17, 15) is 9.59 Å². The van der Waals surface area contributed by atoms with Gasteiger partial charge in [0.05, 0.1) is 6.04 Å². The lowest BCUT2D eigenvalue weighted by Gasteiger charge is -2.31. The first-order valence-corrected chi connectivity index (χ1v) is 7.14. The molecule has 1 aliphatic carbocycles. The van der Waals surface area contributed by atoms with E-state index in [0.29, 0.717) is 12.0 Å². The number of H-pyrrole nitrogens is 1. The van der Waals surface area contributed by atoms with E-state index in [0.717, 1.165) is 35.0 Å². The molecule has 5 nitrogen and oxygen atoms in total. The second-order valence-corrected chi connectivity index (χ2v) is 5.49. The van der Waals surface area contributed by atoms with E-state index >= 15 is 0 Å². The Labute approximate surface area is 121 Å². The second kappa shape index (κ2) is 4.48. The summed E-state index contributed by atoms with van der Waals surface area (Å²) in [5.41, 5.74) is 3.45. The number of allylic oxidation sites excluding steroid dienone is 1. The molecular formula is C16H15N3O2. The van der Waals surface area contributed by atoms with Gasteiger partial charge in [-0.05, 0) is 18.9 Å². The van der Waals surface area contributed by atoms with Gasteiger partial charge >= 0.3 is 6.03 Å². The second-order valence-electron chi connectivity index (χ2n) is 5.49. The van der Waals surface area contributed by atoms with Crippen LogP contribution < -0.4 is 10.6 Å². The third kappa shape index (κ3) is 1.85. The van der Waals surface area contributed by atoms with Crippen LogP contribution in [0.15, 0.2) is 41.7 Å². The number of nitrogens with one attached hydrogen (secondary N) is 3. The van der Waals surface area contributed by atoms with Crippen LogP contribution in [0.1, 0.15) is 30.9 Å². The fourth-order valence-corrected chi connectivity index (χ4v) is 3.27. The zero-order valence-corrected chi connectivity index (χ0v) is 11.4. The van der Waals surface area contributed by atoms with Gasteiger partial charge in [-0.3, -0.25) is 4.79 Å². The number of carbonyl (C=O) groups excluding carboxylic acids is 2. The number of hydrogen-bond acceptors (Lipinski definition) is 2. The molecule has 1 unspecified atom stereocenters. The predicted octanol–water partition coefficient (Wildman–Crippen LogP) is 2.53. The summed E-state index contributed by atoms with van der Waals surface area (Å²) in [6.07, 6.45) is 3.99. The Morgan fingerprint density at radius 3 is 2.86 bits per heavy atom. The van der Waals surface area contributed by atoms with Crippen molar-refractivity contribution in [2.45, 2.75) is 25.3 Å². The fraction of sp³-hybridized carbons (Fsp3) is 0.250. The minimum atomic E-state index is -0.363. The SMILES string of the molecule is O=C1NC2=C(C(=O)CCC2)C(c2c[nH]c3ccccc23)N1. The van der Waals surface area contributed by atoms with Crippen LogP contribution in [0.3, 0.4) is 0 Å². The van der Waals surface area contributed by atoms with Gasteiger partial charge < -0.3 is 15.6 Å². The third-order valence-corrected chi connectivity index (χ3v) is 4.22. The first-order valence-electron chi connectivity index (χ1n) is 7.14. The van der Waals surface area contributed by atoms with Crippen LogP contribution in [-0.4, -0.2) is 16.8 Å². The van der Waals surface area contributed by atoms with Crippen molar-refractivity contribution < 1.29 is 9.59 Å². The van der Waals surface area contributed by atoms with Crippen LogP contribution >= 0.6 is 0 Å². The van der Waals surface area contributed by atoms with Crippen LogP contribution in [0.4, 0.5) is 4.79 Å². The number of urea groups is 1. The summed E-state index contributed by atoms with van der Waals surface area (Å²) in [7, 11) is 0. The minimum absolute atomic E-state index is 0.124. The Morgan fingerprint density at radius 1 is 1.10 bits per heavy atom. The summed E-state index contributed by atoms with van der Waals surface area (Å²) in [4.78, 5) is 27.4. The summed E-state index contributed by atoms with van der Waals surface area (Å²) >= 11 is 0. The smallest absolute Gasteiger partial charge is 0.319 e. The zero-order chi connectivity index (χ0) is 14.4. The molecule has 1 atom stereocenters. The molecular weight excluding hydrogens is 266 g/mol. The topological polar surface area (TPSA) is 74.0 Å². The maximum atomic E-state index is 12.3. The Bertz CT molecular complexity index is 788. The lowest BCUT2D eigenvalue weighted by atomic mass is 9.85. The summed E-state index contributed by atoms with van der Waals surface area (Å²) in [5.74, 6) is 0.124. The van der Waals surface area contributed by atoms with E-state index in [1.54, 1.807) is 0 Å². The number of carbonyl (C=O) groups is 2. The van der Waals surface area contributed by atoms with Crippen LogP contribution in [0.2, 0.25) is 0 Å². The van der Waals surface area contributed by atoms with Gasteiger partial charge in [0.15, 0.2) is 5.78 Å². The molecule has 2 aromatic rings. The first kappa shape index (κ1) is 12.2. The number of amides is 2. The average Bonchev–Trinajstić information content (AvgIpc) is 2.90. The van der Waals surface area contributed by atoms with Gasteiger partial charge in [-0.2, -0.15) is 0 Å². The van der Waals surface area contributed by atoms with Gasteiger partial charge in [-0.25, -0.2) is 4.79 Å². The molecule has 0 fully saturated rings. The Morgan fingerprint density at radius 2 is 1.95 bits per heavy atom. The van der Waals surface area contributed by atoms with E-state index in [2.05, 4.69) is 15.6 Å². The van der Waals surface area contributed by atoms with Crippen LogP contribution in [0.25, 0.3) is 10.9 Å². The van der Waals surface area contributed by atoms with Gasteiger partial charge in [0, 0.05) is 40.4 Å². The molecule has 2 aliphatic rings.